The van der Waals surface area contributed by atoms with Crippen molar-refractivity contribution < 1.29 is 4.79 Å². The summed E-state index contributed by atoms with van der Waals surface area (Å²) in [5.41, 5.74) is 0. The lowest BCUT2D eigenvalue weighted by atomic mass is 9.84. The number of amides is 1. The average molecular weight is 305 g/mol. The molecule has 1 amide bonds. The number of likely N-dealkylation sites (tertiary alicyclic amines) is 1. The van der Waals surface area contributed by atoms with E-state index in [1.165, 1.54) is 64.7 Å². The first-order chi connectivity index (χ1) is 10.8. The van der Waals surface area contributed by atoms with E-state index in [4.69, 9.17) is 0 Å². The zero-order valence-electron chi connectivity index (χ0n) is 13.9. The molecule has 4 fully saturated rings. The van der Waals surface area contributed by atoms with E-state index in [9.17, 15) is 4.79 Å². The molecule has 3 saturated heterocycles. The number of hydrogen-bond donors (Lipinski definition) is 0. The Morgan fingerprint density at radius 3 is 2.14 bits per heavy atom. The van der Waals surface area contributed by atoms with Crippen LogP contribution in [0.1, 0.15) is 51.4 Å². The predicted octanol–water partition coefficient (Wildman–Crippen LogP) is 1.95. The van der Waals surface area contributed by atoms with E-state index in [1.807, 2.05) is 0 Å². The second-order valence-corrected chi connectivity index (χ2v) is 7.86. The van der Waals surface area contributed by atoms with Crippen LogP contribution in [0.15, 0.2) is 0 Å². The maximum atomic E-state index is 12.4. The van der Waals surface area contributed by atoms with E-state index >= 15 is 0 Å². The molecule has 0 N–H and O–H groups in total. The summed E-state index contributed by atoms with van der Waals surface area (Å²) in [6, 6.07) is 1.54. The third kappa shape index (κ3) is 2.92. The first-order valence-corrected chi connectivity index (χ1v) is 9.58. The second-order valence-electron chi connectivity index (χ2n) is 7.86. The first kappa shape index (κ1) is 14.9. The molecule has 124 valence electrons. The Bertz CT molecular complexity index is 401. The molecule has 1 aliphatic carbocycles. The number of carbonyl (C=O) groups is 1. The maximum absolute atomic E-state index is 12.4. The highest BCUT2D eigenvalue weighted by Gasteiger charge is 2.35. The summed E-state index contributed by atoms with van der Waals surface area (Å²) in [6.07, 6.45) is 10.1. The largest absolute Gasteiger partial charge is 0.342 e. The van der Waals surface area contributed by atoms with Crippen molar-refractivity contribution in [3.8, 4) is 0 Å². The minimum absolute atomic E-state index is 0.377. The molecule has 0 aromatic carbocycles. The molecule has 0 spiro atoms. The van der Waals surface area contributed by atoms with Crippen LogP contribution in [0.5, 0.6) is 0 Å². The third-order valence-electron chi connectivity index (χ3n) is 6.58. The van der Waals surface area contributed by atoms with Gasteiger partial charge in [0.05, 0.1) is 0 Å². The lowest BCUT2D eigenvalue weighted by Gasteiger charge is -2.41. The highest BCUT2D eigenvalue weighted by Crippen LogP contribution is 2.30. The van der Waals surface area contributed by atoms with Crippen molar-refractivity contribution >= 4 is 5.91 Å². The Morgan fingerprint density at radius 2 is 1.41 bits per heavy atom. The van der Waals surface area contributed by atoms with Crippen molar-refractivity contribution in [1.82, 2.24) is 14.7 Å². The Balaban J connectivity index is 1.30. The molecule has 4 heteroatoms. The van der Waals surface area contributed by atoms with Crippen LogP contribution in [0.2, 0.25) is 0 Å². The Morgan fingerprint density at radius 1 is 0.682 bits per heavy atom. The summed E-state index contributed by atoms with van der Waals surface area (Å²) < 4.78 is 0. The predicted molar refractivity (Wildman–Crippen MR) is 87.7 cm³/mol. The van der Waals surface area contributed by atoms with E-state index in [1.54, 1.807) is 0 Å². The van der Waals surface area contributed by atoms with Gasteiger partial charge in [-0.15, -0.1) is 0 Å². The molecule has 3 heterocycles. The summed E-state index contributed by atoms with van der Waals surface area (Å²) >= 11 is 0. The van der Waals surface area contributed by atoms with Gasteiger partial charge in [0.15, 0.2) is 0 Å². The lowest BCUT2D eigenvalue weighted by molar-refractivity contribution is -0.139. The molecule has 4 rings (SSSR count). The molecule has 1 saturated carbocycles. The highest BCUT2D eigenvalue weighted by atomic mass is 16.2. The lowest BCUT2D eigenvalue weighted by Crippen LogP contribution is -2.50. The van der Waals surface area contributed by atoms with Crippen LogP contribution in [0.4, 0.5) is 0 Å². The van der Waals surface area contributed by atoms with E-state index < -0.39 is 0 Å². The monoisotopic (exact) mass is 305 g/mol. The van der Waals surface area contributed by atoms with E-state index in [0.29, 0.717) is 11.8 Å². The minimum atomic E-state index is 0.377. The number of piperidine rings is 1. The molecular weight excluding hydrogens is 274 g/mol. The van der Waals surface area contributed by atoms with Crippen molar-refractivity contribution in [3.63, 3.8) is 0 Å². The van der Waals surface area contributed by atoms with Crippen LogP contribution in [0.3, 0.4) is 0 Å². The van der Waals surface area contributed by atoms with Gasteiger partial charge in [-0.1, -0.05) is 6.42 Å². The molecule has 1 atom stereocenters. The first-order valence-electron chi connectivity index (χ1n) is 9.58. The number of fused-ring (bicyclic) bond motifs is 1. The number of nitrogens with zero attached hydrogens (tertiary/aromatic N) is 3. The van der Waals surface area contributed by atoms with E-state index in [2.05, 4.69) is 14.7 Å². The second kappa shape index (κ2) is 6.48. The maximum Gasteiger partial charge on any atom is 0.225 e. The van der Waals surface area contributed by atoms with Crippen molar-refractivity contribution in [3.05, 3.63) is 0 Å². The van der Waals surface area contributed by atoms with Gasteiger partial charge < -0.3 is 4.90 Å². The van der Waals surface area contributed by atoms with Gasteiger partial charge in [-0.2, -0.15) is 0 Å². The number of carbonyl (C=O) groups excluding carboxylic acids is 1. The van der Waals surface area contributed by atoms with E-state index in [-0.39, 0.29) is 0 Å². The van der Waals surface area contributed by atoms with Gasteiger partial charge in [0.2, 0.25) is 5.91 Å². The SMILES string of the molecule is O=C(C1CCC1)N1CCC(N2CCCN3CCC[C@H]3C2)CC1. The normalized spacial score (nSPS) is 32.5. The topological polar surface area (TPSA) is 26.8 Å². The molecule has 0 unspecified atom stereocenters. The zero-order valence-corrected chi connectivity index (χ0v) is 13.9. The van der Waals surface area contributed by atoms with Crippen LogP contribution < -0.4 is 0 Å². The van der Waals surface area contributed by atoms with Crippen molar-refractivity contribution in [2.75, 3.05) is 39.3 Å². The number of hydrogen-bond acceptors (Lipinski definition) is 3. The molecule has 4 aliphatic rings. The van der Waals surface area contributed by atoms with Gasteiger partial charge in [0.1, 0.15) is 0 Å². The highest BCUT2D eigenvalue weighted by molar-refractivity contribution is 5.79. The van der Waals surface area contributed by atoms with Crippen molar-refractivity contribution in [2.45, 2.75) is 63.5 Å². The fourth-order valence-corrected chi connectivity index (χ4v) is 4.93. The molecule has 0 radical (unpaired) electrons. The fourth-order valence-electron chi connectivity index (χ4n) is 4.93. The van der Waals surface area contributed by atoms with Gasteiger partial charge in [-0.05, 0) is 64.6 Å². The fraction of sp³-hybridized carbons (Fsp3) is 0.944. The molecule has 0 aromatic heterocycles. The Labute approximate surface area is 134 Å². The van der Waals surface area contributed by atoms with E-state index in [0.717, 1.165) is 38.0 Å². The van der Waals surface area contributed by atoms with Crippen LogP contribution in [0.25, 0.3) is 0 Å². The summed E-state index contributed by atoms with van der Waals surface area (Å²) in [6.45, 7) is 7.19. The smallest absolute Gasteiger partial charge is 0.225 e. The van der Waals surface area contributed by atoms with Crippen LogP contribution in [-0.2, 0) is 4.79 Å². The minimum Gasteiger partial charge on any atom is -0.342 e. The van der Waals surface area contributed by atoms with Crippen molar-refractivity contribution in [2.24, 2.45) is 5.92 Å². The molecule has 0 aromatic rings. The molecule has 0 bridgehead atoms. The van der Waals surface area contributed by atoms with Crippen LogP contribution >= 0.6 is 0 Å². The molecular formula is C18H31N3O. The van der Waals surface area contributed by atoms with Gasteiger partial charge in [0, 0.05) is 37.6 Å². The van der Waals surface area contributed by atoms with Gasteiger partial charge in [0.25, 0.3) is 0 Å². The quantitative estimate of drug-likeness (QED) is 0.780. The average Bonchev–Trinajstić information content (AvgIpc) is 2.83. The zero-order chi connectivity index (χ0) is 14.9. The molecule has 22 heavy (non-hydrogen) atoms. The molecule has 3 aliphatic heterocycles. The summed E-state index contributed by atoms with van der Waals surface area (Å²) in [7, 11) is 0. The van der Waals surface area contributed by atoms with Gasteiger partial charge in [-0.25, -0.2) is 0 Å². The standard InChI is InChI=1S/C18H31N3O/c22-18(15-4-1-5-15)20-12-7-16(8-13-20)21-11-3-10-19-9-2-6-17(19)14-21/h15-17H,1-14H2/t17-/m0/s1. The number of rotatable bonds is 2. The van der Waals surface area contributed by atoms with Crippen molar-refractivity contribution in [1.29, 1.82) is 0 Å². The van der Waals surface area contributed by atoms with Gasteiger partial charge in [-0.3, -0.25) is 14.6 Å². The van der Waals surface area contributed by atoms with Gasteiger partial charge >= 0.3 is 0 Å². The summed E-state index contributed by atoms with van der Waals surface area (Å²) in [4.78, 5) is 20.0. The Kier molecular flexibility index (Phi) is 4.40. The summed E-state index contributed by atoms with van der Waals surface area (Å²) in [5, 5.41) is 0. The Hall–Kier alpha value is -0.610. The third-order valence-corrected chi connectivity index (χ3v) is 6.58. The summed E-state index contributed by atoms with van der Waals surface area (Å²) in [5.74, 6) is 0.837. The van der Waals surface area contributed by atoms with Crippen LogP contribution in [0, 0.1) is 5.92 Å². The molecule has 4 nitrogen and oxygen atoms in total. The van der Waals surface area contributed by atoms with Crippen LogP contribution in [-0.4, -0.2) is 72.0 Å².